The van der Waals surface area contributed by atoms with Crippen LogP contribution in [0.2, 0.25) is 0 Å². The number of aromatic hydroxyl groups is 1. The molecule has 2 aromatic rings. The lowest BCUT2D eigenvalue weighted by molar-refractivity contribution is -0.00369. The minimum Gasteiger partial charge on any atom is -0.508 e. The summed E-state index contributed by atoms with van der Waals surface area (Å²) in [6, 6.07) is 9.67. The van der Waals surface area contributed by atoms with Crippen LogP contribution in [0.15, 0.2) is 41.1 Å². The van der Waals surface area contributed by atoms with Crippen molar-refractivity contribution in [2.24, 2.45) is 5.92 Å². The molecule has 0 saturated carbocycles. The molecule has 1 amide bonds. The molecule has 130 valence electrons. The Morgan fingerprint density at radius 2 is 2.04 bits per heavy atom. The molecule has 4 aliphatic rings. The second kappa shape index (κ2) is 5.59. The van der Waals surface area contributed by atoms with E-state index in [0.717, 1.165) is 31.5 Å². The molecule has 6 rings (SSSR count). The van der Waals surface area contributed by atoms with Crippen LogP contribution >= 0.6 is 0 Å². The summed E-state index contributed by atoms with van der Waals surface area (Å²) in [6.45, 7) is 2.87. The van der Waals surface area contributed by atoms with E-state index < -0.39 is 0 Å². The summed E-state index contributed by atoms with van der Waals surface area (Å²) in [5, 5.41) is 13.8. The van der Waals surface area contributed by atoms with Crippen molar-refractivity contribution in [2.75, 3.05) is 19.6 Å². The highest BCUT2D eigenvalue weighted by Gasteiger charge is 2.54. The third kappa shape index (κ3) is 2.28. The highest BCUT2D eigenvalue weighted by Crippen LogP contribution is 2.47. The van der Waals surface area contributed by atoms with Crippen molar-refractivity contribution in [1.82, 2.24) is 15.0 Å². The van der Waals surface area contributed by atoms with Crippen LogP contribution in [-0.4, -0.2) is 57.7 Å². The normalized spacial score (nSPS) is 33.4. The van der Waals surface area contributed by atoms with Gasteiger partial charge in [0.25, 0.3) is 5.91 Å². The van der Waals surface area contributed by atoms with E-state index in [4.69, 9.17) is 4.52 Å². The lowest BCUT2D eigenvalue weighted by atomic mass is 9.75. The Morgan fingerprint density at radius 1 is 1.20 bits per heavy atom. The largest absolute Gasteiger partial charge is 0.508 e. The number of likely N-dealkylation sites (tertiary alicyclic amines) is 1. The molecule has 1 aromatic carbocycles. The Balaban J connectivity index is 1.54. The van der Waals surface area contributed by atoms with E-state index in [-0.39, 0.29) is 23.6 Å². The van der Waals surface area contributed by atoms with Crippen LogP contribution in [0, 0.1) is 5.92 Å². The van der Waals surface area contributed by atoms with Gasteiger partial charge in [-0.05, 0) is 49.5 Å². The first kappa shape index (κ1) is 15.0. The van der Waals surface area contributed by atoms with Gasteiger partial charge in [0, 0.05) is 24.6 Å². The Morgan fingerprint density at radius 3 is 2.76 bits per heavy atom. The summed E-state index contributed by atoms with van der Waals surface area (Å²) >= 11 is 0. The van der Waals surface area contributed by atoms with Gasteiger partial charge in [0.15, 0.2) is 5.69 Å². The Kier molecular flexibility index (Phi) is 3.35. The monoisotopic (exact) mass is 339 g/mol. The van der Waals surface area contributed by atoms with Crippen molar-refractivity contribution in [3.63, 3.8) is 0 Å². The number of fused-ring (bicyclic) bond motifs is 2. The molecule has 0 radical (unpaired) electrons. The van der Waals surface area contributed by atoms with Gasteiger partial charge in [-0.15, -0.1) is 0 Å². The fraction of sp³-hybridized carbons (Fsp3) is 0.474. The zero-order valence-corrected chi connectivity index (χ0v) is 13.9. The number of benzene rings is 1. The smallest absolute Gasteiger partial charge is 0.276 e. The maximum absolute atomic E-state index is 13.0. The maximum Gasteiger partial charge on any atom is 0.276 e. The molecule has 0 aliphatic carbocycles. The number of rotatable bonds is 2. The quantitative estimate of drug-likeness (QED) is 0.907. The summed E-state index contributed by atoms with van der Waals surface area (Å²) in [6.07, 6.45) is 3.75. The first-order chi connectivity index (χ1) is 12.2. The molecule has 6 heteroatoms. The Hall–Kier alpha value is -2.34. The van der Waals surface area contributed by atoms with Gasteiger partial charge in [-0.25, -0.2) is 0 Å². The molecule has 1 aromatic heterocycles. The predicted molar refractivity (Wildman–Crippen MR) is 90.3 cm³/mol. The van der Waals surface area contributed by atoms with Gasteiger partial charge in [-0.2, -0.15) is 0 Å². The minimum absolute atomic E-state index is 0.0415. The van der Waals surface area contributed by atoms with Crippen molar-refractivity contribution >= 4 is 5.91 Å². The van der Waals surface area contributed by atoms with E-state index in [1.54, 1.807) is 12.1 Å². The van der Waals surface area contributed by atoms with Crippen LogP contribution in [0.3, 0.4) is 0 Å². The van der Waals surface area contributed by atoms with Gasteiger partial charge in [0.05, 0.1) is 6.04 Å². The molecule has 6 nitrogen and oxygen atoms in total. The SMILES string of the molecule is O=C(c1ccon1)N1CC(c2cccc(O)c2)C2C1C1CCN2CC1. The van der Waals surface area contributed by atoms with Crippen LogP contribution in [0.1, 0.15) is 34.8 Å². The molecule has 2 bridgehead atoms. The minimum atomic E-state index is -0.0415. The maximum atomic E-state index is 13.0. The fourth-order valence-electron chi connectivity index (χ4n) is 5.17. The topological polar surface area (TPSA) is 69.8 Å². The molecule has 4 aliphatic heterocycles. The van der Waals surface area contributed by atoms with Crippen LogP contribution in [-0.2, 0) is 0 Å². The first-order valence-electron chi connectivity index (χ1n) is 8.97. The van der Waals surface area contributed by atoms with E-state index in [1.807, 2.05) is 17.0 Å². The van der Waals surface area contributed by atoms with E-state index in [1.165, 1.54) is 6.26 Å². The second-order valence-corrected chi connectivity index (χ2v) is 7.40. The van der Waals surface area contributed by atoms with Crippen LogP contribution in [0.25, 0.3) is 0 Å². The van der Waals surface area contributed by atoms with E-state index in [9.17, 15) is 9.90 Å². The molecule has 4 saturated heterocycles. The third-order valence-electron chi connectivity index (χ3n) is 6.21. The summed E-state index contributed by atoms with van der Waals surface area (Å²) < 4.78 is 4.88. The van der Waals surface area contributed by atoms with Gasteiger partial charge in [0.2, 0.25) is 0 Å². The number of phenols is 1. The summed E-state index contributed by atoms with van der Waals surface area (Å²) in [5.41, 5.74) is 1.49. The zero-order chi connectivity index (χ0) is 17.0. The van der Waals surface area contributed by atoms with Crippen molar-refractivity contribution in [3.05, 3.63) is 47.9 Å². The van der Waals surface area contributed by atoms with Crippen molar-refractivity contribution in [3.8, 4) is 5.75 Å². The number of amides is 1. The number of piperidine rings is 3. The molecule has 3 atom stereocenters. The molecule has 25 heavy (non-hydrogen) atoms. The zero-order valence-electron chi connectivity index (χ0n) is 13.9. The molecule has 1 N–H and O–H groups in total. The molecular weight excluding hydrogens is 318 g/mol. The van der Waals surface area contributed by atoms with Gasteiger partial charge in [0.1, 0.15) is 12.0 Å². The number of hydrogen-bond acceptors (Lipinski definition) is 5. The van der Waals surface area contributed by atoms with Crippen molar-refractivity contribution in [2.45, 2.75) is 30.8 Å². The third-order valence-corrected chi connectivity index (χ3v) is 6.21. The Bertz CT molecular complexity index is 783. The molecule has 3 unspecified atom stereocenters. The van der Waals surface area contributed by atoms with Crippen molar-refractivity contribution < 1.29 is 14.4 Å². The fourth-order valence-corrected chi connectivity index (χ4v) is 5.17. The number of carbonyl (C=O) groups excluding carboxylic acids is 1. The van der Waals surface area contributed by atoms with Gasteiger partial charge in [-0.1, -0.05) is 17.3 Å². The summed E-state index contributed by atoms with van der Waals surface area (Å²) in [4.78, 5) is 17.6. The predicted octanol–water partition coefficient (Wildman–Crippen LogP) is 2.08. The average molecular weight is 339 g/mol. The Labute approximate surface area is 146 Å². The number of carbonyl (C=O) groups is 1. The van der Waals surface area contributed by atoms with Gasteiger partial charge in [-0.3, -0.25) is 9.69 Å². The number of hydrogen-bond donors (Lipinski definition) is 1. The summed E-state index contributed by atoms with van der Waals surface area (Å²) in [7, 11) is 0. The lowest BCUT2D eigenvalue weighted by Crippen LogP contribution is -2.60. The molecule has 5 heterocycles. The number of phenolic OH excluding ortho intramolecular Hbond substituents is 1. The van der Waals surface area contributed by atoms with E-state index in [2.05, 4.69) is 16.1 Å². The highest BCUT2D eigenvalue weighted by molar-refractivity contribution is 5.92. The summed E-state index contributed by atoms with van der Waals surface area (Å²) in [5.74, 6) is 1.01. The highest BCUT2D eigenvalue weighted by atomic mass is 16.5. The molecule has 4 fully saturated rings. The first-order valence-corrected chi connectivity index (χ1v) is 8.97. The van der Waals surface area contributed by atoms with Gasteiger partial charge < -0.3 is 14.5 Å². The lowest BCUT2D eigenvalue weighted by Gasteiger charge is -2.51. The van der Waals surface area contributed by atoms with Crippen LogP contribution in [0.4, 0.5) is 0 Å². The van der Waals surface area contributed by atoms with Crippen molar-refractivity contribution in [1.29, 1.82) is 0 Å². The number of nitrogens with zero attached hydrogens (tertiary/aromatic N) is 3. The second-order valence-electron chi connectivity index (χ2n) is 7.40. The van der Waals surface area contributed by atoms with E-state index in [0.29, 0.717) is 24.2 Å². The van der Waals surface area contributed by atoms with Crippen LogP contribution in [0.5, 0.6) is 5.75 Å². The number of aromatic nitrogens is 1. The van der Waals surface area contributed by atoms with Crippen LogP contribution < -0.4 is 0 Å². The van der Waals surface area contributed by atoms with E-state index >= 15 is 0 Å². The molecule has 0 spiro atoms. The van der Waals surface area contributed by atoms with Gasteiger partial charge >= 0.3 is 0 Å². The average Bonchev–Trinajstić information content (AvgIpc) is 3.31. The molecular formula is C19H21N3O3. The standard InChI is InChI=1S/C19H21N3O3/c23-14-3-1-2-13(10-14)15-11-22(19(24)16-6-9-25-20-16)17-12-4-7-21(8-5-12)18(15)17/h1-3,6,9-10,12,15,17-18,23H,4-5,7-8,11H2.